The molecular weight excluding hydrogens is 721 g/mol. The summed E-state index contributed by atoms with van der Waals surface area (Å²) < 4.78 is 6.31. The van der Waals surface area contributed by atoms with E-state index in [1.807, 2.05) is 6.08 Å². The van der Waals surface area contributed by atoms with Crippen molar-refractivity contribution in [2.45, 2.75) is 38.1 Å². The van der Waals surface area contributed by atoms with Gasteiger partial charge in [-0.15, -0.1) is 0 Å². The van der Waals surface area contributed by atoms with E-state index in [9.17, 15) is 0 Å². The molecule has 10 rings (SSSR count). The van der Waals surface area contributed by atoms with E-state index < -0.39 is 0 Å². The fourth-order valence-electron chi connectivity index (χ4n) is 8.71. The summed E-state index contributed by atoms with van der Waals surface area (Å²) in [4.78, 5) is 7.75. The zero-order valence-electron chi connectivity index (χ0n) is 28.2. The van der Waals surface area contributed by atoms with Crippen LogP contribution in [0.4, 0.5) is 5.69 Å². The first-order valence-electron chi connectivity index (χ1n) is 17.5. The number of hydrogen-bond donors (Lipinski definition) is 0. The maximum atomic E-state index is 5.15. The molecular formula is C46H36IN3. The molecule has 4 heteroatoms. The number of aromatic nitrogens is 2. The van der Waals surface area contributed by atoms with Crippen molar-refractivity contribution in [3.05, 3.63) is 168 Å². The van der Waals surface area contributed by atoms with Crippen LogP contribution in [0.1, 0.15) is 53.5 Å². The van der Waals surface area contributed by atoms with Crippen LogP contribution in [0.3, 0.4) is 0 Å². The fourth-order valence-corrected chi connectivity index (χ4v) is 11.0. The minimum absolute atomic E-state index is 0.0853. The molecule has 4 aliphatic rings. The molecule has 2 aliphatic heterocycles. The average Bonchev–Trinajstić information content (AvgIpc) is 3.67. The molecule has 0 fully saturated rings. The van der Waals surface area contributed by atoms with Gasteiger partial charge in [-0.05, 0) is 118 Å². The number of allylic oxidation sites excluding steroid dienone is 9. The van der Waals surface area contributed by atoms with Crippen molar-refractivity contribution in [1.82, 2.24) is 9.38 Å². The summed E-state index contributed by atoms with van der Waals surface area (Å²) in [6, 6.07) is 27.1. The van der Waals surface area contributed by atoms with Gasteiger partial charge in [-0.3, -0.25) is 4.40 Å². The van der Waals surface area contributed by atoms with E-state index in [2.05, 4.69) is 161 Å². The molecule has 0 radical (unpaired) electrons. The molecule has 6 aromatic rings. The summed E-state index contributed by atoms with van der Waals surface area (Å²) in [6.45, 7) is 8.70. The summed E-state index contributed by atoms with van der Waals surface area (Å²) in [6.07, 6.45) is 24.9. The molecule has 0 N–H and O–H groups in total. The lowest BCUT2D eigenvalue weighted by Crippen LogP contribution is -2.44. The number of anilines is 1. The smallest absolute Gasteiger partial charge is 0.146 e. The van der Waals surface area contributed by atoms with Crippen molar-refractivity contribution in [1.29, 1.82) is 0 Å². The number of benzene rings is 4. The van der Waals surface area contributed by atoms with Crippen LogP contribution in [-0.2, 0) is 0 Å². The van der Waals surface area contributed by atoms with Crippen LogP contribution < -0.4 is 4.90 Å². The Morgan fingerprint density at radius 2 is 1.80 bits per heavy atom. The number of halogens is 1. The van der Waals surface area contributed by atoms with Crippen molar-refractivity contribution in [2.24, 2.45) is 0 Å². The minimum atomic E-state index is -0.336. The standard InChI is InChI=1S/C46H36IN3/c1-4-30-17-21-35-36-27-32(20-23-41(36)49-43-16-9-8-15-40(43)48-45(49)44(35)29(30)2)39-22-18-33(28-47-39)31-19-24-42-37(26-31)38-14-10-11-25-46(38,3)50(42)34-12-6-5-7-13-34/h4-6,8-12,14-28,38H,1,7,13H2,2-3H3/t38-,46?/m0/s1. The van der Waals surface area contributed by atoms with Crippen molar-refractivity contribution in [3.8, 4) is 0 Å². The van der Waals surface area contributed by atoms with Crippen LogP contribution >= 0.6 is 20.7 Å². The summed E-state index contributed by atoms with van der Waals surface area (Å²) in [5.41, 5.74) is 14.8. The van der Waals surface area contributed by atoms with Crippen LogP contribution in [0.2, 0.25) is 0 Å². The zero-order chi connectivity index (χ0) is 33.6. The van der Waals surface area contributed by atoms with Crippen LogP contribution in [0.5, 0.6) is 0 Å². The number of para-hydroxylation sites is 2. The first kappa shape index (κ1) is 29.8. The molecule has 4 aromatic carbocycles. The van der Waals surface area contributed by atoms with Gasteiger partial charge < -0.3 is 4.90 Å². The summed E-state index contributed by atoms with van der Waals surface area (Å²) in [5.74, 6) is 0.331. The zero-order valence-corrected chi connectivity index (χ0v) is 30.4. The highest BCUT2D eigenvalue weighted by atomic mass is 127. The molecule has 2 aromatic heterocycles. The highest BCUT2D eigenvalue weighted by molar-refractivity contribution is 14.2. The predicted octanol–water partition coefficient (Wildman–Crippen LogP) is 12.0. The second kappa shape index (κ2) is 11.2. The van der Waals surface area contributed by atoms with Gasteiger partial charge in [-0.2, -0.15) is 0 Å². The molecule has 0 bridgehead atoms. The number of pyridine rings is 1. The lowest BCUT2D eigenvalue weighted by Gasteiger charge is -2.41. The van der Waals surface area contributed by atoms with Gasteiger partial charge in [0.1, 0.15) is 5.65 Å². The third-order valence-electron chi connectivity index (χ3n) is 11.2. The van der Waals surface area contributed by atoms with Crippen LogP contribution in [0.25, 0.3) is 53.6 Å². The molecule has 0 saturated carbocycles. The van der Waals surface area contributed by atoms with Gasteiger partial charge in [0, 0.05) is 31.7 Å². The molecule has 3 nitrogen and oxygen atoms in total. The number of nitrogens with zero attached hydrogens (tertiary/aromatic N) is 3. The normalized spacial score (nSPS) is 21.0. The van der Waals surface area contributed by atoms with E-state index in [1.165, 1.54) is 64.5 Å². The molecule has 2 atom stereocenters. The van der Waals surface area contributed by atoms with E-state index >= 15 is 0 Å². The molecule has 1 unspecified atom stereocenters. The van der Waals surface area contributed by atoms with E-state index in [0.29, 0.717) is 5.92 Å². The lowest BCUT2D eigenvalue weighted by atomic mass is 9.80. The summed E-state index contributed by atoms with van der Waals surface area (Å²) >= 11 is -0.336. The molecule has 0 saturated heterocycles. The molecule has 4 heterocycles. The number of imidazole rings is 1. The summed E-state index contributed by atoms with van der Waals surface area (Å²) in [7, 11) is 0. The third-order valence-corrected chi connectivity index (χ3v) is 13.8. The van der Waals surface area contributed by atoms with Crippen LogP contribution in [0, 0.1) is 6.92 Å². The van der Waals surface area contributed by atoms with E-state index in [-0.39, 0.29) is 26.3 Å². The van der Waals surface area contributed by atoms with Crippen molar-refractivity contribution in [3.63, 3.8) is 0 Å². The Morgan fingerprint density at radius 1 is 0.900 bits per heavy atom. The number of aryl methyl sites for hydroxylation is 1. The Kier molecular flexibility index (Phi) is 6.69. The minimum Gasteiger partial charge on any atom is -0.335 e. The highest BCUT2D eigenvalue weighted by Crippen LogP contribution is 2.53. The van der Waals surface area contributed by atoms with Gasteiger partial charge in [0.25, 0.3) is 0 Å². The Balaban J connectivity index is 1.07. The first-order valence-corrected chi connectivity index (χ1v) is 19.8. The average molecular weight is 758 g/mol. The largest absolute Gasteiger partial charge is 0.335 e. The third kappa shape index (κ3) is 4.27. The van der Waals surface area contributed by atoms with E-state index in [1.54, 1.807) is 0 Å². The predicted molar refractivity (Wildman–Crippen MR) is 223 cm³/mol. The quantitative estimate of drug-likeness (QED) is 0.132. The highest BCUT2D eigenvalue weighted by Gasteiger charge is 2.47. The SMILES string of the molecule is C=Cc1ccc2c3cc(C4=CC=C(c5ccc6c(c5)[C@@H]5C=CC=CC5(C)N6C5=CC=CCC5)C=I4)ccc3n3c4ccccc4nc3c2c1C. The molecule has 2 aliphatic carbocycles. The molecule has 242 valence electrons. The van der Waals surface area contributed by atoms with Crippen LogP contribution in [-0.4, -0.2) is 18.9 Å². The van der Waals surface area contributed by atoms with Crippen LogP contribution in [0.15, 0.2) is 140 Å². The monoisotopic (exact) mass is 757 g/mol. The number of rotatable bonds is 4. The second-order valence-electron chi connectivity index (χ2n) is 13.9. The van der Waals surface area contributed by atoms with Gasteiger partial charge in [-0.25, -0.2) is 4.98 Å². The van der Waals surface area contributed by atoms with Gasteiger partial charge >= 0.3 is 0 Å². The van der Waals surface area contributed by atoms with Crippen molar-refractivity contribution in [2.75, 3.05) is 4.90 Å². The van der Waals surface area contributed by atoms with E-state index in [4.69, 9.17) is 4.98 Å². The van der Waals surface area contributed by atoms with Crippen molar-refractivity contribution >= 4 is 84.0 Å². The molecule has 0 amide bonds. The Labute approximate surface area is 302 Å². The number of fused-ring (bicyclic) bond motifs is 11. The maximum absolute atomic E-state index is 5.15. The Hall–Kier alpha value is -5.07. The van der Waals surface area contributed by atoms with Gasteiger partial charge in [-0.1, -0.05) is 112 Å². The maximum Gasteiger partial charge on any atom is 0.146 e. The fraction of sp³-hybridized carbons (Fsp3) is 0.130. The number of hydrogen-bond acceptors (Lipinski definition) is 2. The first-order chi connectivity index (χ1) is 24.5. The lowest BCUT2D eigenvalue weighted by molar-refractivity contribution is 0.520. The Bertz CT molecular complexity index is 2710. The van der Waals surface area contributed by atoms with Crippen molar-refractivity contribution < 1.29 is 0 Å². The van der Waals surface area contributed by atoms with Gasteiger partial charge in [0.05, 0.1) is 22.1 Å². The summed E-state index contributed by atoms with van der Waals surface area (Å²) in [5, 5.41) is 3.71. The second-order valence-corrected chi connectivity index (χ2v) is 16.3. The Morgan fingerprint density at radius 3 is 2.64 bits per heavy atom. The van der Waals surface area contributed by atoms with E-state index in [0.717, 1.165) is 35.1 Å². The van der Waals surface area contributed by atoms with Gasteiger partial charge in [0.15, 0.2) is 0 Å². The van der Waals surface area contributed by atoms with Gasteiger partial charge in [0.2, 0.25) is 0 Å². The molecule has 0 spiro atoms. The molecule has 50 heavy (non-hydrogen) atoms. The topological polar surface area (TPSA) is 20.5 Å².